The van der Waals surface area contributed by atoms with E-state index in [0.29, 0.717) is 0 Å². The third kappa shape index (κ3) is 3.64. The third-order valence-corrected chi connectivity index (χ3v) is 6.49. The highest BCUT2D eigenvalue weighted by molar-refractivity contribution is 7.27. The highest BCUT2D eigenvalue weighted by atomic mass is 31.0. The third-order valence-electron chi connectivity index (χ3n) is 6.13. The predicted octanol–water partition coefficient (Wildman–Crippen LogP) is 8.24. The van der Waals surface area contributed by atoms with E-state index < -0.39 is 0 Å². The van der Waals surface area contributed by atoms with Crippen LogP contribution >= 0.6 is 9.24 Å². The Bertz CT molecular complexity index is 1600. The molecule has 0 bridgehead atoms. The molecular formula is C30H24FP. The quantitative estimate of drug-likeness (QED) is 0.167. The van der Waals surface area contributed by atoms with Crippen molar-refractivity contribution in [3.8, 4) is 0 Å². The maximum absolute atomic E-state index is 13.9. The molecule has 0 aliphatic carbocycles. The summed E-state index contributed by atoms with van der Waals surface area (Å²) in [5.41, 5.74) is 2.47. The normalized spacial score (nSPS) is 11.1. The molecule has 1 atom stereocenters. The van der Waals surface area contributed by atoms with E-state index in [-0.39, 0.29) is 5.82 Å². The predicted molar refractivity (Wildman–Crippen MR) is 142 cm³/mol. The number of benzene rings is 6. The fourth-order valence-corrected chi connectivity index (χ4v) is 4.86. The van der Waals surface area contributed by atoms with Crippen molar-refractivity contribution in [2.24, 2.45) is 0 Å². The van der Waals surface area contributed by atoms with Gasteiger partial charge in [0.15, 0.2) is 0 Å². The molecule has 0 radical (unpaired) electrons. The maximum atomic E-state index is 13.9. The van der Waals surface area contributed by atoms with Gasteiger partial charge in [-0.05, 0) is 80.1 Å². The lowest BCUT2D eigenvalue weighted by Gasteiger charge is -2.07. The van der Waals surface area contributed by atoms with Crippen LogP contribution in [0.25, 0.3) is 43.1 Å². The van der Waals surface area contributed by atoms with Crippen molar-refractivity contribution in [3.63, 3.8) is 0 Å². The summed E-state index contributed by atoms with van der Waals surface area (Å²) >= 11 is 0. The minimum Gasteiger partial charge on any atom is -0.206 e. The van der Waals surface area contributed by atoms with Gasteiger partial charge in [0, 0.05) is 5.39 Å². The Morgan fingerprint density at radius 1 is 0.531 bits per heavy atom. The molecule has 0 saturated heterocycles. The van der Waals surface area contributed by atoms with Crippen molar-refractivity contribution < 1.29 is 4.39 Å². The van der Waals surface area contributed by atoms with Crippen molar-refractivity contribution in [2.75, 3.05) is 0 Å². The zero-order valence-corrected chi connectivity index (χ0v) is 19.3. The minimum absolute atomic E-state index is 0.141. The molecule has 0 nitrogen and oxygen atoms in total. The van der Waals surface area contributed by atoms with Crippen molar-refractivity contribution in [1.29, 1.82) is 0 Å². The molecule has 0 N–H and O–H groups in total. The fraction of sp³-hybridized carbons (Fsp3) is 0.0667. The Morgan fingerprint density at radius 2 is 1.12 bits per heavy atom. The van der Waals surface area contributed by atoms with E-state index in [1.807, 2.05) is 37.3 Å². The van der Waals surface area contributed by atoms with Crippen LogP contribution in [0.5, 0.6) is 0 Å². The van der Waals surface area contributed by atoms with Gasteiger partial charge in [-0.2, -0.15) is 0 Å². The SMILES string of the molecule is Cc1cc2ccc(P)cc2c2ccccc12.Cc1cc2ccccc2c2c(F)cccc12. The van der Waals surface area contributed by atoms with Crippen LogP contribution in [0.2, 0.25) is 0 Å². The van der Waals surface area contributed by atoms with Gasteiger partial charge in [-0.3, -0.25) is 0 Å². The zero-order chi connectivity index (χ0) is 22.2. The molecule has 6 aromatic carbocycles. The summed E-state index contributed by atoms with van der Waals surface area (Å²) in [6.45, 7) is 4.20. The van der Waals surface area contributed by atoms with Crippen LogP contribution < -0.4 is 5.30 Å². The zero-order valence-electron chi connectivity index (χ0n) is 18.2. The van der Waals surface area contributed by atoms with Crippen molar-refractivity contribution in [1.82, 2.24) is 0 Å². The second-order valence-electron chi connectivity index (χ2n) is 8.30. The van der Waals surface area contributed by atoms with Crippen LogP contribution in [0.15, 0.2) is 97.1 Å². The second-order valence-corrected chi connectivity index (χ2v) is 8.96. The molecular weight excluding hydrogens is 410 g/mol. The number of fused-ring (bicyclic) bond motifs is 6. The summed E-state index contributed by atoms with van der Waals surface area (Å²) in [7, 11) is 2.76. The average molecular weight is 434 g/mol. The molecule has 6 aromatic rings. The van der Waals surface area contributed by atoms with Gasteiger partial charge in [0.25, 0.3) is 0 Å². The first kappa shape index (κ1) is 20.6. The Kier molecular flexibility index (Phi) is 5.37. The molecule has 32 heavy (non-hydrogen) atoms. The largest absolute Gasteiger partial charge is 0.206 e. The molecule has 0 aromatic heterocycles. The van der Waals surface area contributed by atoms with Crippen LogP contribution in [0.4, 0.5) is 4.39 Å². The number of hydrogen-bond donors (Lipinski definition) is 0. The van der Waals surface area contributed by atoms with Crippen LogP contribution in [-0.2, 0) is 0 Å². The average Bonchev–Trinajstić information content (AvgIpc) is 2.81. The van der Waals surface area contributed by atoms with E-state index in [1.165, 1.54) is 38.5 Å². The molecule has 0 fully saturated rings. The summed E-state index contributed by atoms with van der Waals surface area (Å²) in [5.74, 6) is -0.141. The van der Waals surface area contributed by atoms with E-state index >= 15 is 0 Å². The van der Waals surface area contributed by atoms with E-state index in [2.05, 4.69) is 70.8 Å². The van der Waals surface area contributed by atoms with Crippen molar-refractivity contribution in [2.45, 2.75) is 13.8 Å². The summed E-state index contributed by atoms with van der Waals surface area (Å²) < 4.78 is 13.9. The van der Waals surface area contributed by atoms with Crippen LogP contribution in [0.1, 0.15) is 11.1 Å². The van der Waals surface area contributed by atoms with Gasteiger partial charge in [-0.15, -0.1) is 9.24 Å². The van der Waals surface area contributed by atoms with Crippen LogP contribution in [-0.4, -0.2) is 0 Å². The number of aryl methyl sites for hydroxylation is 2. The highest BCUT2D eigenvalue weighted by Crippen LogP contribution is 2.30. The highest BCUT2D eigenvalue weighted by Gasteiger charge is 2.07. The van der Waals surface area contributed by atoms with E-state index in [0.717, 1.165) is 27.1 Å². The number of hydrogen-bond acceptors (Lipinski definition) is 0. The Morgan fingerprint density at radius 3 is 1.91 bits per heavy atom. The lowest BCUT2D eigenvalue weighted by molar-refractivity contribution is 0.640. The van der Waals surface area contributed by atoms with Gasteiger partial charge < -0.3 is 0 Å². The monoisotopic (exact) mass is 434 g/mol. The molecule has 0 saturated carbocycles. The first-order valence-electron chi connectivity index (χ1n) is 10.8. The first-order valence-corrected chi connectivity index (χ1v) is 11.3. The maximum Gasteiger partial charge on any atom is 0.131 e. The molecule has 0 heterocycles. The summed E-state index contributed by atoms with van der Waals surface area (Å²) in [6, 6.07) is 32.7. The number of rotatable bonds is 0. The summed E-state index contributed by atoms with van der Waals surface area (Å²) in [6.07, 6.45) is 0. The van der Waals surface area contributed by atoms with Gasteiger partial charge in [-0.1, -0.05) is 84.9 Å². The molecule has 0 aliphatic rings. The smallest absolute Gasteiger partial charge is 0.131 e. The lowest BCUT2D eigenvalue weighted by atomic mass is 9.98. The second kappa shape index (κ2) is 8.34. The minimum atomic E-state index is -0.141. The van der Waals surface area contributed by atoms with E-state index in [9.17, 15) is 4.39 Å². The topological polar surface area (TPSA) is 0 Å². The van der Waals surface area contributed by atoms with Gasteiger partial charge >= 0.3 is 0 Å². The van der Waals surface area contributed by atoms with Crippen LogP contribution in [0, 0.1) is 19.7 Å². The Labute approximate surface area is 189 Å². The summed E-state index contributed by atoms with van der Waals surface area (Å²) in [4.78, 5) is 0. The molecule has 0 amide bonds. The summed E-state index contributed by atoms with van der Waals surface area (Å²) in [5, 5.41) is 10.4. The molecule has 1 unspecified atom stereocenters. The molecule has 2 heteroatoms. The Balaban J connectivity index is 0.000000135. The molecule has 0 aliphatic heterocycles. The molecule has 6 rings (SSSR count). The van der Waals surface area contributed by atoms with Gasteiger partial charge in [0.1, 0.15) is 5.82 Å². The van der Waals surface area contributed by atoms with Crippen molar-refractivity contribution in [3.05, 3.63) is 114 Å². The Hall–Kier alpha value is -3.28. The van der Waals surface area contributed by atoms with Crippen molar-refractivity contribution >= 4 is 57.6 Å². The van der Waals surface area contributed by atoms with Gasteiger partial charge in [0.2, 0.25) is 0 Å². The van der Waals surface area contributed by atoms with Gasteiger partial charge in [-0.25, -0.2) is 4.39 Å². The van der Waals surface area contributed by atoms with E-state index in [4.69, 9.17) is 0 Å². The molecule has 0 spiro atoms. The first-order chi connectivity index (χ1) is 15.5. The van der Waals surface area contributed by atoms with Crippen LogP contribution in [0.3, 0.4) is 0 Å². The fourth-order valence-electron chi connectivity index (χ4n) is 4.59. The lowest BCUT2D eigenvalue weighted by Crippen LogP contribution is -1.90. The molecule has 156 valence electrons. The standard InChI is InChI=1S/C15H11F.C15H13P/c1-10-9-11-5-2-3-6-13(11)15-12(10)7-4-8-14(15)16;1-10-8-11-6-7-12(16)9-15(11)14-5-3-2-4-13(10)14/h2-9H,1H3;2-9H,16H2,1H3. The number of halogens is 1. The van der Waals surface area contributed by atoms with E-state index in [1.54, 1.807) is 6.07 Å². The van der Waals surface area contributed by atoms with Gasteiger partial charge in [0.05, 0.1) is 0 Å².